The van der Waals surface area contributed by atoms with Crippen molar-refractivity contribution in [3.63, 3.8) is 0 Å². The molecule has 1 nitrogen and oxygen atoms in total. The van der Waals surface area contributed by atoms with E-state index in [1.54, 1.807) is 13.8 Å². The summed E-state index contributed by atoms with van der Waals surface area (Å²) in [5.41, 5.74) is 0. The van der Waals surface area contributed by atoms with Crippen molar-refractivity contribution in [1.82, 2.24) is 0 Å². The van der Waals surface area contributed by atoms with Crippen molar-refractivity contribution >= 4 is 29.5 Å². The molecular formula is C6H10Cl2O. The quantitative estimate of drug-likeness (QED) is 0.466. The van der Waals surface area contributed by atoms with E-state index < -0.39 is 0 Å². The summed E-state index contributed by atoms with van der Waals surface area (Å²) in [6, 6.07) is 0. The summed E-state index contributed by atoms with van der Waals surface area (Å²) in [6.07, 6.45) is 0.801. The van der Waals surface area contributed by atoms with Crippen molar-refractivity contribution in [2.45, 2.75) is 24.6 Å². The normalized spacial score (nSPS) is 20.4. The molecule has 2 unspecified atom stereocenters. The minimum absolute atomic E-state index is 0.171. The van der Waals surface area contributed by atoms with Crippen LogP contribution in [0.1, 0.15) is 13.8 Å². The predicted octanol–water partition coefficient (Wildman–Crippen LogP) is 2.06. The molecule has 0 aromatic heterocycles. The van der Waals surface area contributed by atoms with Crippen LogP contribution in [0, 0.1) is 5.92 Å². The van der Waals surface area contributed by atoms with Gasteiger partial charge >= 0.3 is 0 Å². The van der Waals surface area contributed by atoms with E-state index in [-0.39, 0.29) is 16.7 Å². The van der Waals surface area contributed by atoms with Gasteiger partial charge < -0.3 is 4.79 Å². The Kier molecular flexibility index (Phi) is 4.24. The highest BCUT2D eigenvalue weighted by Crippen LogP contribution is 2.16. The first-order chi connectivity index (χ1) is 4.09. The summed E-state index contributed by atoms with van der Waals surface area (Å²) < 4.78 is 0. The summed E-state index contributed by atoms with van der Waals surface area (Å²) >= 11 is 11.2. The van der Waals surface area contributed by atoms with Crippen LogP contribution in [0.5, 0.6) is 0 Å². The SMILES string of the molecule is CC(Cl)C(C=O)C(C)Cl. The average Bonchev–Trinajstić information content (AvgIpc) is 1.64. The maximum Gasteiger partial charge on any atom is 0.126 e. The third-order valence-electron chi connectivity index (χ3n) is 1.22. The zero-order valence-electron chi connectivity index (χ0n) is 5.47. The van der Waals surface area contributed by atoms with E-state index in [0.717, 1.165) is 6.29 Å². The highest BCUT2D eigenvalue weighted by molar-refractivity contribution is 6.25. The molecule has 3 heteroatoms. The van der Waals surface area contributed by atoms with Crippen LogP contribution in [0.2, 0.25) is 0 Å². The molecule has 0 aliphatic rings. The van der Waals surface area contributed by atoms with Crippen LogP contribution in [0.25, 0.3) is 0 Å². The molecule has 0 rings (SSSR count). The summed E-state index contributed by atoms with van der Waals surface area (Å²) in [7, 11) is 0. The molecule has 0 N–H and O–H groups in total. The Morgan fingerprint density at radius 1 is 1.22 bits per heavy atom. The van der Waals surface area contributed by atoms with Crippen molar-refractivity contribution in [2.24, 2.45) is 5.92 Å². The smallest absolute Gasteiger partial charge is 0.126 e. The fourth-order valence-corrected chi connectivity index (χ4v) is 1.21. The average molecular weight is 169 g/mol. The molecule has 0 saturated carbocycles. The molecule has 0 bridgehead atoms. The fraction of sp³-hybridized carbons (Fsp3) is 0.833. The number of alkyl halides is 2. The van der Waals surface area contributed by atoms with Crippen LogP contribution >= 0.6 is 23.2 Å². The minimum Gasteiger partial charge on any atom is -0.303 e. The summed E-state index contributed by atoms with van der Waals surface area (Å²) in [4.78, 5) is 10.2. The van der Waals surface area contributed by atoms with Gasteiger partial charge in [-0.2, -0.15) is 0 Å². The van der Waals surface area contributed by atoms with Gasteiger partial charge in [0.1, 0.15) is 6.29 Å². The second-order valence-corrected chi connectivity index (χ2v) is 3.45. The van der Waals surface area contributed by atoms with Gasteiger partial charge in [0.2, 0.25) is 0 Å². The predicted molar refractivity (Wildman–Crippen MR) is 40.2 cm³/mol. The van der Waals surface area contributed by atoms with Gasteiger partial charge in [-0.05, 0) is 13.8 Å². The summed E-state index contributed by atoms with van der Waals surface area (Å²) in [6.45, 7) is 3.53. The topological polar surface area (TPSA) is 17.1 Å². The van der Waals surface area contributed by atoms with Crippen molar-refractivity contribution in [3.05, 3.63) is 0 Å². The summed E-state index contributed by atoms with van der Waals surface area (Å²) in [5, 5.41) is -0.343. The lowest BCUT2D eigenvalue weighted by molar-refractivity contribution is -0.111. The standard InChI is InChI=1S/C6H10Cl2O/c1-4(7)6(3-9)5(2)8/h3-6H,1-2H3. The van der Waals surface area contributed by atoms with Gasteiger partial charge in [-0.3, -0.25) is 0 Å². The Morgan fingerprint density at radius 2 is 1.56 bits per heavy atom. The number of hydrogen-bond acceptors (Lipinski definition) is 1. The van der Waals surface area contributed by atoms with Gasteiger partial charge in [0, 0.05) is 16.7 Å². The van der Waals surface area contributed by atoms with Gasteiger partial charge in [-0.1, -0.05) is 0 Å². The first-order valence-electron chi connectivity index (χ1n) is 2.83. The Balaban J connectivity index is 3.82. The van der Waals surface area contributed by atoms with Gasteiger partial charge in [0.05, 0.1) is 0 Å². The van der Waals surface area contributed by atoms with Gasteiger partial charge in [-0.25, -0.2) is 0 Å². The molecule has 0 aliphatic heterocycles. The highest BCUT2D eigenvalue weighted by atomic mass is 35.5. The van der Waals surface area contributed by atoms with Crippen LogP contribution in [0.3, 0.4) is 0 Å². The monoisotopic (exact) mass is 168 g/mol. The maximum atomic E-state index is 10.2. The van der Waals surface area contributed by atoms with Crippen LogP contribution in [-0.2, 0) is 4.79 Å². The van der Waals surface area contributed by atoms with E-state index in [4.69, 9.17) is 23.2 Å². The molecule has 0 spiro atoms. The van der Waals surface area contributed by atoms with E-state index in [1.807, 2.05) is 0 Å². The van der Waals surface area contributed by atoms with Crippen molar-refractivity contribution < 1.29 is 4.79 Å². The van der Waals surface area contributed by atoms with Crippen molar-refractivity contribution in [3.8, 4) is 0 Å². The Bertz CT molecular complexity index is 83.1. The lowest BCUT2D eigenvalue weighted by Gasteiger charge is -2.13. The minimum atomic E-state index is -0.228. The zero-order chi connectivity index (χ0) is 7.44. The Labute approximate surface area is 65.3 Å². The number of carbonyl (C=O) groups is 1. The van der Waals surface area contributed by atoms with E-state index in [0.29, 0.717) is 0 Å². The molecule has 0 radical (unpaired) electrons. The molecule has 2 atom stereocenters. The number of carbonyl (C=O) groups excluding carboxylic acids is 1. The van der Waals surface area contributed by atoms with E-state index >= 15 is 0 Å². The molecule has 9 heavy (non-hydrogen) atoms. The molecule has 0 aromatic rings. The second-order valence-electron chi connectivity index (χ2n) is 2.07. The molecule has 0 saturated heterocycles. The number of halogens is 2. The van der Waals surface area contributed by atoms with Crippen molar-refractivity contribution in [1.29, 1.82) is 0 Å². The third-order valence-corrected chi connectivity index (χ3v) is 1.80. The number of aldehydes is 1. The van der Waals surface area contributed by atoms with Crippen LogP contribution in [-0.4, -0.2) is 17.0 Å². The Hall–Kier alpha value is 0.250. The molecule has 0 aliphatic carbocycles. The maximum absolute atomic E-state index is 10.2. The fourth-order valence-electron chi connectivity index (χ4n) is 0.582. The molecule has 0 amide bonds. The number of rotatable bonds is 3. The second kappa shape index (κ2) is 4.13. The lowest BCUT2D eigenvalue weighted by atomic mass is 10.1. The van der Waals surface area contributed by atoms with Crippen molar-refractivity contribution in [2.75, 3.05) is 0 Å². The highest BCUT2D eigenvalue weighted by Gasteiger charge is 2.18. The van der Waals surface area contributed by atoms with E-state index in [9.17, 15) is 4.79 Å². The molecule has 0 fully saturated rings. The van der Waals surface area contributed by atoms with Gasteiger partial charge in [0.25, 0.3) is 0 Å². The molecular weight excluding hydrogens is 159 g/mol. The lowest BCUT2D eigenvalue weighted by Crippen LogP contribution is -2.21. The Morgan fingerprint density at radius 3 is 1.56 bits per heavy atom. The van der Waals surface area contributed by atoms with Crippen LogP contribution in [0.4, 0.5) is 0 Å². The van der Waals surface area contributed by atoms with Crippen LogP contribution < -0.4 is 0 Å². The zero-order valence-corrected chi connectivity index (χ0v) is 6.99. The third kappa shape index (κ3) is 3.07. The van der Waals surface area contributed by atoms with Crippen LogP contribution in [0.15, 0.2) is 0 Å². The van der Waals surface area contributed by atoms with Gasteiger partial charge in [0.15, 0.2) is 0 Å². The number of hydrogen-bond donors (Lipinski definition) is 0. The first-order valence-corrected chi connectivity index (χ1v) is 3.70. The first kappa shape index (κ1) is 9.25. The molecule has 0 heterocycles. The largest absolute Gasteiger partial charge is 0.303 e. The van der Waals surface area contributed by atoms with E-state index in [2.05, 4.69) is 0 Å². The molecule has 0 aromatic carbocycles. The summed E-state index contributed by atoms with van der Waals surface area (Å²) in [5.74, 6) is -0.228. The van der Waals surface area contributed by atoms with E-state index in [1.165, 1.54) is 0 Å². The molecule has 54 valence electrons. The van der Waals surface area contributed by atoms with Gasteiger partial charge in [-0.15, -0.1) is 23.2 Å².